The molecule has 1 N–H and O–H groups in total. The summed E-state index contributed by atoms with van der Waals surface area (Å²) in [5.74, 6) is 0.350. The highest BCUT2D eigenvalue weighted by Gasteiger charge is 2.11. The molecule has 5 heteroatoms. The Morgan fingerprint density at radius 3 is 2.75 bits per heavy atom. The molecule has 0 aromatic rings. The van der Waals surface area contributed by atoms with Crippen LogP contribution in [0.4, 0.5) is 0 Å². The van der Waals surface area contributed by atoms with E-state index >= 15 is 0 Å². The molecule has 1 fully saturated rings. The van der Waals surface area contributed by atoms with Gasteiger partial charge in [0.2, 0.25) is 5.91 Å². The van der Waals surface area contributed by atoms with Crippen molar-refractivity contribution in [1.82, 2.24) is 10.4 Å². The first kappa shape index (κ1) is 9.77. The second kappa shape index (κ2) is 5.35. The van der Waals surface area contributed by atoms with Crippen LogP contribution >= 0.6 is 11.6 Å². The van der Waals surface area contributed by atoms with Gasteiger partial charge in [0, 0.05) is 25.4 Å². The number of halogens is 1. The molecule has 1 rings (SSSR count). The predicted molar refractivity (Wildman–Crippen MR) is 45.9 cm³/mol. The van der Waals surface area contributed by atoms with Gasteiger partial charge in [-0.1, -0.05) is 0 Å². The van der Waals surface area contributed by atoms with Crippen molar-refractivity contribution < 1.29 is 9.53 Å². The molecule has 0 atom stereocenters. The Hall–Kier alpha value is -0.320. The highest BCUT2D eigenvalue weighted by molar-refractivity contribution is 6.18. The smallest absolute Gasteiger partial charge is 0.235 e. The lowest BCUT2D eigenvalue weighted by atomic mass is 10.4. The number of rotatable bonds is 3. The Balaban J connectivity index is 2.15. The normalized spacial score (nSPS) is 19.1. The molecular weight excluding hydrogens is 180 g/mol. The Bertz CT molecular complexity index is 148. The fourth-order valence-corrected chi connectivity index (χ4v) is 1.16. The second-order valence-corrected chi connectivity index (χ2v) is 2.95. The molecule has 12 heavy (non-hydrogen) atoms. The van der Waals surface area contributed by atoms with Crippen LogP contribution in [0.5, 0.6) is 0 Å². The van der Waals surface area contributed by atoms with Crippen LogP contribution in [0.2, 0.25) is 0 Å². The molecule has 1 heterocycles. The van der Waals surface area contributed by atoms with E-state index < -0.39 is 0 Å². The summed E-state index contributed by atoms with van der Waals surface area (Å²) in [6.45, 7) is 2.88. The fraction of sp³-hybridized carbons (Fsp3) is 0.857. The van der Waals surface area contributed by atoms with Gasteiger partial charge in [-0.25, -0.2) is 5.01 Å². The van der Waals surface area contributed by atoms with Crippen LogP contribution in [-0.2, 0) is 9.53 Å². The van der Waals surface area contributed by atoms with E-state index in [0.717, 1.165) is 13.1 Å². The Morgan fingerprint density at radius 2 is 2.17 bits per heavy atom. The van der Waals surface area contributed by atoms with E-state index in [4.69, 9.17) is 16.3 Å². The maximum absolute atomic E-state index is 11.0. The van der Waals surface area contributed by atoms with E-state index in [1.807, 2.05) is 5.01 Å². The van der Waals surface area contributed by atoms with Crippen molar-refractivity contribution in [3.05, 3.63) is 0 Å². The van der Waals surface area contributed by atoms with Gasteiger partial charge in [-0.3, -0.25) is 10.2 Å². The average molecular weight is 193 g/mol. The van der Waals surface area contributed by atoms with Crippen molar-refractivity contribution in [2.75, 3.05) is 32.2 Å². The number of ether oxygens (including phenoxy) is 1. The number of nitrogens with zero attached hydrogens (tertiary/aromatic N) is 1. The quantitative estimate of drug-likeness (QED) is 0.639. The molecule has 4 nitrogen and oxygen atoms in total. The molecule has 70 valence electrons. The van der Waals surface area contributed by atoms with E-state index in [0.29, 0.717) is 25.5 Å². The number of morpholine rings is 1. The third-order valence-corrected chi connectivity index (χ3v) is 1.80. The highest BCUT2D eigenvalue weighted by atomic mass is 35.5. The molecular formula is C7H13ClN2O2. The standard InChI is InChI=1S/C7H13ClN2O2/c8-2-1-7(11)9-10-3-5-12-6-4-10/h1-6H2,(H,9,11). The second-order valence-electron chi connectivity index (χ2n) is 2.57. The minimum Gasteiger partial charge on any atom is -0.379 e. The number of amides is 1. The molecule has 0 unspecified atom stereocenters. The van der Waals surface area contributed by atoms with Gasteiger partial charge in [-0.05, 0) is 0 Å². The molecule has 0 aliphatic carbocycles. The largest absolute Gasteiger partial charge is 0.379 e. The monoisotopic (exact) mass is 192 g/mol. The van der Waals surface area contributed by atoms with Crippen LogP contribution in [-0.4, -0.2) is 43.1 Å². The summed E-state index contributed by atoms with van der Waals surface area (Å²) in [6.07, 6.45) is 0.374. The average Bonchev–Trinajstić information content (AvgIpc) is 2.06. The first-order valence-electron chi connectivity index (χ1n) is 4.01. The number of carbonyl (C=O) groups is 1. The molecule has 0 radical (unpaired) electrons. The zero-order chi connectivity index (χ0) is 8.81. The van der Waals surface area contributed by atoms with Crippen LogP contribution in [0.15, 0.2) is 0 Å². The fourth-order valence-electron chi connectivity index (χ4n) is 0.993. The predicted octanol–water partition coefficient (Wildman–Crippen LogP) is -0.0213. The zero-order valence-electron chi connectivity index (χ0n) is 6.88. The first-order chi connectivity index (χ1) is 5.83. The summed E-state index contributed by atoms with van der Waals surface area (Å²) in [5, 5.41) is 1.86. The molecule has 0 aromatic heterocycles. The number of nitrogens with one attached hydrogen (secondary N) is 1. The summed E-state index contributed by atoms with van der Waals surface area (Å²) in [4.78, 5) is 11.0. The highest BCUT2D eigenvalue weighted by Crippen LogP contribution is 1.93. The van der Waals surface area contributed by atoms with Gasteiger partial charge in [0.15, 0.2) is 0 Å². The first-order valence-corrected chi connectivity index (χ1v) is 4.54. The summed E-state index contributed by atoms with van der Waals surface area (Å²) < 4.78 is 5.12. The molecule has 1 amide bonds. The molecule has 0 aromatic carbocycles. The summed E-state index contributed by atoms with van der Waals surface area (Å²) in [7, 11) is 0. The van der Waals surface area contributed by atoms with Gasteiger partial charge in [0.05, 0.1) is 13.2 Å². The summed E-state index contributed by atoms with van der Waals surface area (Å²) >= 11 is 5.41. The van der Waals surface area contributed by atoms with E-state index in [1.54, 1.807) is 0 Å². The Kier molecular flexibility index (Phi) is 4.35. The number of hydrogen-bond acceptors (Lipinski definition) is 3. The van der Waals surface area contributed by atoms with Gasteiger partial charge >= 0.3 is 0 Å². The third kappa shape index (κ3) is 3.38. The molecule has 1 aliphatic rings. The van der Waals surface area contributed by atoms with E-state index in [9.17, 15) is 4.79 Å². The lowest BCUT2D eigenvalue weighted by Crippen LogP contribution is -2.48. The van der Waals surface area contributed by atoms with Crippen molar-refractivity contribution in [1.29, 1.82) is 0 Å². The van der Waals surface area contributed by atoms with Gasteiger partial charge in [0.1, 0.15) is 0 Å². The zero-order valence-corrected chi connectivity index (χ0v) is 7.64. The minimum atomic E-state index is -0.0214. The minimum absolute atomic E-state index is 0.0214. The van der Waals surface area contributed by atoms with Crippen molar-refractivity contribution in [2.24, 2.45) is 0 Å². The van der Waals surface area contributed by atoms with Crippen molar-refractivity contribution in [2.45, 2.75) is 6.42 Å². The van der Waals surface area contributed by atoms with E-state index in [1.165, 1.54) is 0 Å². The lowest BCUT2D eigenvalue weighted by molar-refractivity contribution is -0.127. The van der Waals surface area contributed by atoms with Crippen LogP contribution in [0.3, 0.4) is 0 Å². The van der Waals surface area contributed by atoms with E-state index in [2.05, 4.69) is 5.43 Å². The summed E-state index contributed by atoms with van der Waals surface area (Å²) in [6, 6.07) is 0. The van der Waals surface area contributed by atoms with Crippen molar-refractivity contribution in [3.63, 3.8) is 0 Å². The lowest BCUT2D eigenvalue weighted by Gasteiger charge is -2.26. The number of hydrazine groups is 1. The molecule has 1 aliphatic heterocycles. The molecule has 0 saturated carbocycles. The Morgan fingerprint density at radius 1 is 1.50 bits per heavy atom. The van der Waals surface area contributed by atoms with Crippen molar-refractivity contribution in [3.8, 4) is 0 Å². The van der Waals surface area contributed by atoms with Crippen LogP contribution in [0, 0.1) is 0 Å². The van der Waals surface area contributed by atoms with Gasteiger partial charge in [0.25, 0.3) is 0 Å². The Labute approximate surface area is 76.8 Å². The molecule has 0 spiro atoms. The van der Waals surface area contributed by atoms with Crippen molar-refractivity contribution >= 4 is 17.5 Å². The van der Waals surface area contributed by atoms with Crippen LogP contribution in [0.1, 0.15) is 6.42 Å². The van der Waals surface area contributed by atoms with Gasteiger partial charge < -0.3 is 4.74 Å². The van der Waals surface area contributed by atoms with Crippen LogP contribution in [0.25, 0.3) is 0 Å². The van der Waals surface area contributed by atoms with E-state index in [-0.39, 0.29) is 5.91 Å². The van der Waals surface area contributed by atoms with Gasteiger partial charge in [-0.15, -0.1) is 11.6 Å². The topological polar surface area (TPSA) is 41.6 Å². The maximum Gasteiger partial charge on any atom is 0.235 e. The summed E-state index contributed by atoms with van der Waals surface area (Å²) in [5.41, 5.74) is 2.75. The van der Waals surface area contributed by atoms with Gasteiger partial charge in [-0.2, -0.15) is 0 Å². The number of alkyl halides is 1. The van der Waals surface area contributed by atoms with Crippen LogP contribution < -0.4 is 5.43 Å². The molecule has 1 saturated heterocycles. The number of hydrogen-bond donors (Lipinski definition) is 1. The maximum atomic E-state index is 11.0. The number of carbonyl (C=O) groups excluding carboxylic acids is 1. The molecule has 0 bridgehead atoms. The SMILES string of the molecule is O=C(CCCl)NN1CCOCC1. The third-order valence-electron chi connectivity index (χ3n) is 1.62.